The largest absolute Gasteiger partial charge is 0.366 e. The van der Waals surface area contributed by atoms with E-state index in [-0.39, 0.29) is 16.9 Å². The van der Waals surface area contributed by atoms with Crippen LogP contribution in [-0.2, 0) is 4.79 Å². The molecule has 1 aliphatic heterocycles. The number of nitrogens with one attached hydrogen (secondary N) is 2. The Kier molecular flexibility index (Phi) is 6.58. The maximum Gasteiger partial charge on any atom is 0.258 e. The third-order valence-electron chi connectivity index (χ3n) is 5.56. The predicted molar refractivity (Wildman–Crippen MR) is 134 cm³/mol. The predicted octanol–water partition coefficient (Wildman–Crippen LogP) is 4.29. The van der Waals surface area contributed by atoms with E-state index in [1.807, 2.05) is 47.4 Å². The maximum atomic E-state index is 12.9. The van der Waals surface area contributed by atoms with Crippen molar-refractivity contribution in [1.82, 2.24) is 10.2 Å². The molecule has 8 heteroatoms. The first-order valence-electron chi connectivity index (χ1n) is 10.3. The van der Waals surface area contributed by atoms with E-state index in [0.717, 1.165) is 35.2 Å². The van der Waals surface area contributed by atoms with E-state index in [2.05, 4.69) is 15.5 Å². The molecule has 1 saturated heterocycles. The van der Waals surface area contributed by atoms with Crippen molar-refractivity contribution in [2.45, 2.75) is 6.92 Å². The molecule has 6 nitrogen and oxygen atoms in total. The fourth-order valence-electron chi connectivity index (χ4n) is 3.91. The van der Waals surface area contributed by atoms with Crippen molar-refractivity contribution in [2.24, 2.45) is 0 Å². The minimum Gasteiger partial charge on any atom is -0.366 e. The van der Waals surface area contributed by atoms with Crippen LogP contribution in [0.15, 0.2) is 60.7 Å². The van der Waals surface area contributed by atoms with Crippen LogP contribution in [0.1, 0.15) is 17.3 Å². The third-order valence-corrected chi connectivity index (χ3v) is 6.09. The lowest BCUT2D eigenvalue weighted by Gasteiger charge is -2.36. The number of hydrogen-bond acceptors (Lipinski definition) is 4. The van der Waals surface area contributed by atoms with Gasteiger partial charge in [0, 0.05) is 49.1 Å². The molecule has 0 saturated carbocycles. The number of fused-ring (bicyclic) bond motifs is 1. The fourth-order valence-corrected chi connectivity index (χ4v) is 4.35. The van der Waals surface area contributed by atoms with E-state index < -0.39 is 0 Å². The lowest BCUT2D eigenvalue weighted by molar-refractivity contribution is -0.129. The number of piperazine rings is 1. The van der Waals surface area contributed by atoms with Crippen LogP contribution < -0.4 is 15.5 Å². The van der Waals surface area contributed by atoms with Gasteiger partial charge in [-0.05, 0) is 41.9 Å². The first-order valence-corrected chi connectivity index (χ1v) is 11.1. The highest BCUT2D eigenvalue weighted by molar-refractivity contribution is 7.80. The summed E-state index contributed by atoms with van der Waals surface area (Å²) in [5, 5.41) is 8.32. The second kappa shape index (κ2) is 9.54. The topological polar surface area (TPSA) is 64.7 Å². The summed E-state index contributed by atoms with van der Waals surface area (Å²) in [5.41, 5.74) is 2.28. The molecule has 4 rings (SSSR count). The number of halogens is 1. The highest BCUT2D eigenvalue weighted by Crippen LogP contribution is 2.28. The molecule has 0 unspecified atom stereocenters. The van der Waals surface area contributed by atoms with E-state index in [9.17, 15) is 9.59 Å². The first-order chi connectivity index (χ1) is 15.4. The number of carbonyl (C=O) groups excluding carboxylic acids is 2. The molecule has 2 amide bonds. The van der Waals surface area contributed by atoms with Crippen LogP contribution in [-0.4, -0.2) is 48.0 Å². The molecule has 0 atom stereocenters. The molecule has 3 aromatic carbocycles. The molecule has 0 aromatic heterocycles. The Labute approximate surface area is 197 Å². The smallest absolute Gasteiger partial charge is 0.258 e. The van der Waals surface area contributed by atoms with Gasteiger partial charge in [0.05, 0.1) is 11.4 Å². The Morgan fingerprint density at radius 3 is 2.34 bits per heavy atom. The molecule has 164 valence electrons. The molecule has 1 fully saturated rings. The molecule has 0 aliphatic carbocycles. The monoisotopic (exact) mass is 466 g/mol. The Bertz CT molecular complexity index is 1190. The van der Waals surface area contributed by atoms with Gasteiger partial charge < -0.3 is 15.1 Å². The van der Waals surface area contributed by atoms with Crippen LogP contribution in [0.5, 0.6) is 0 Å². The summed E-state index contributed by atoms with van der Waals surface area (Å²) < 4.78 is 0. The Balaban J connectivity index is 1.47. The van der Waals surface area contributed by atoms with Crippen molar-refractivity contribution in [1.29, 1.82) is 0 Å². The highest BCUT2D eigenvalue weighted by atomic mass is 35.5. The minimum atomic E-state index is -0.303. The number of amides is 2. The standard InChI is InChI=1S/C24H23ClN4O2S/c1-16(30)28-12-14-29(15-13-28)22-11-3-2-10-21(22)26-24(32)27-23(31)19-8-4-7-18-17(19)6-5-9-20(18)25/h2-11H,12-15H2,1H3,(H2,26,27,31,32). The molecule has 1 heterocycles. The van der Waals surface area contributed by atoms with Crippen molar-refractivity contribution < 1.29 is 9.59 Å². The van der Waals surface area contributed by atoms with Crippen LogP contribution in [0.3, 0.4) is 0 Å². The van der Waals surface area contributed by atoms with Crippen molar-refractivity contribution in [3.63, 3.8) is 0 Å². The van der Waals surface area contributed by atoms with Gasteiger partial charge in [0.2, 0.25) is 5.91 Å². The third kappa shape index (κ3) is 4.69. The quantitative estimate of drug-likeness (QED) is 0.564. The fraction of sp³-hybridized carbons (Fsp3) is 0.208. The summed E-state index contributed by atoms with van der Waals surface area (Å²) in [6.07, 6.45) is 0. The summed E-state index contributed by atoms with van der Waals surface area (Å²) >= 11 is 11.7. The minimum absolute atomic E-state index is 0.0923. The number of anilines is 2. The molecule has 2 N–H and O–H groups in total. The second-order valence-electron chi connectivity index (χ2n) is 7.56. The molecule has 3 aromatic rings. The summed E-state index contributed by atoms with van der Waals surface area (Å²) in [4.78, 5) is 28.6. The second-order valence-corrected chi connectivity index (χ2v) is 8.37. The number of para-hydroxylation sites is 2. The lowest BCUT2D eigenvalue weighted by atomic mass is 10.0. The van der Waals surface area contributed by atoms with Crippen molar-refractivity contribution in [3.8, 4) is 0 Å². The molecule has 0 bridgehead atoms. The van der Waals surface area contributed by atoms with Crippen LogP contribution in [0.25, 0.3) is 10.8 Å². The van der Waals surface area contributed by atoms with Gasteiger partial charge in [-0.25, -0.2) is 0 Å². The molecule has 0 spiro atoms. The van der Waals surface area contributed by atoms with Crippen molar-refractivity contribution in [3.05, 3.63) is 71.2 Å². The van der Waals surface area contributed by atoms with E-state index in [1.165, 1.54) is 0 Å². The van der Waals surface area contributed by atoms with Gasteiger partial charge >= 0.3 is 0 Å². The maximum absolute atomic E-state index is 12.9. The Morgan fingerprint density at radius 1 is 0.906 bits per heavy atom. The van der Waals surface area contributed by atoms with Gasteiger partial charge in [0.25, 0.3) is 5.91 Å². The average molecular weight is 467 g/mol. The van der Waals surface area contributed by atoms with E-state index in [4.69, 9.17) is 23.8 Å². The van der Waals surface area contributed by atoms with Crippen LogP contribution in [0.4, 0.5) is 11.4 Å². The zero-order valence-corrected chi connectivity index (χ0v) is 19.2. The zero-order chi connectivity index (χ0) is 22.7. The average Bonchev–Trinajstić information content (AvgIpc) is 2.79. The van der Waals surface area contributed by atoms with Crippen molar-refractivity contribution in [2.75, 3.05) is 36.4 Å². The van der Waals surface area contributed by atoms with Gasteiger partial charge in [-0.1, -0.05) is 48.0 Å². The first kappa shape index (κ1) is 22.0. The molecular formula is C24H23ClN4O2S. The van der Waals surface area contributed by atoms with Gasteiger partial charge in [-0.2, -0.15) is 0 Å². The summed E-state index contributed by atoms with van der Waals surface area (Å²) in [6, 6.07) is 18.7. The molecule has 1 aliphatic rings. The Morgan fingerprint density at radius 2 is 1.59 bits per heavy atom. The van der Waals surface area contributed by atoms with E-state index >= 15 is 0 Å². The summed E-state index contributed by atoms with van der Waals surface area (Å²) in [5.74, 6) is -0.211. The van der Waals surface area contributed by atoms with Gasteiger partial charge in [0.1, 0.15) is 0 Å². The SMILES string of the molecule is CC(=O)N1CCN(c2ccccc2NC(=S)NC(=O)c2cccc3c(Cl)cccc23)CC1. The van der Waals surface area contributed by atoms with Gasteiger partial charge in [0.15, 0.2) is 5.11 Å². The number of thiocarbonyl (C=S) groups is 1. The number of carbonyl (C=O) groups is 2. The highest BCUT2D eigenvalue weighted by Gasteiger charge is 2.21. The van der Waals surface area contributed by atoms with Gasteiger partial charge in [-0.15, -0.1) is 0 Å². The van der Waals surface area contributed by atoms with E-state index in [0.29, 0.717) is 23.7 Å². The van der Waals surface area contributed by atoms with Gasteiger partial charge in [-0.3, -0.25) is 14.9 Å². The molecular weight excluding hydrogens is 444 g/mol. The molecule has 0 radical (unpaired) electrons. The number of hydrogen-bond donors (Lipinski definition) is 2. The lowest BCUT2D eigenvalue weighted by Crippen LogP contribution is -2.48. The normalized spacial score (nSPS) is 13.7. The zero-order valence-electron chi connectivity index (χ0n) is 17.6. The number of benzene rings is 3. The summed E-state index contributed by atoms with van der Waals surface area (Å²) in [6.45, 7) is 4.40. The van der Waals surface area contributed by atoms with Crippen LogP contribution in [0, 0.1) is 0 Å². The van der Waals surface area contributed by atoms with E-state index in [1.54, 1.807) is 25.1 Å². The number of nitrogens with zero attached hydrogens (tertiary/aromatic N) is 2. The molecule has 32 heavy (non-hydrogen) atoms. The van der Waals surface area contributed by atoms with Crippen molar-refractivity contribution >= 4 is 62.9 Å². The van der Waals surface area contributed by atoms with Crippen LogP contribution in [0.2, 0.25) is 5.02 Å². The number of rotatable bonds is 3. The van der Waals surface area contributed by atoms with Crippen LogP contribution >= 0.6 is 23.8 Å². The summed E-state index contributed by atoms with van der Waals surface area (Å²) in [7, 11) is 0. The Hall–Kier alpha value is -3.16.